The first-order chi connectivity index (χ1) is 12.0. The average molecular weight is 339 g/mol. The number of furan rings is 1. The van der Waals surface area contributed by atoms with Gasteiger partial charge in [-0.25, -0.2) is 9.59 Å². The highest BCUT2D eigenvalue weighted by Gasteiger charge is 2.14. The Balaban J connectivity index is 1.63. The van der Waals surface area contributed by atoms with E-state index in [1.807, 2.05) is 37.3 Å². The zero-order valence-electron chi connectivity index (χ0n) is 13.6. The number of hydrogen-bond donors (Lipinski definition) is 2. The first kappa shape index (κ1) is 16.6. The van der Waals surface area contributed by atoms with E-state index < -0.39 is 12.1 Å². The highest BCUT2D eigenvalue weighted by Crippen LogP contribution is 2.26. The molecule has 6 nitrogen and oxygen atoms in total. The number of alkyl carbamates (subject to hydrolysis) is 1. The van der Waals surface area contributed by atoms with E-state index in [4.69, 9.17) is 14.3 Å². The van der Waals surface area contributed by atoms with Gasteiger partial charge in [0.2, 0.25) is 0 Å². The summed E-state index contributed by atoms with van der Waals surface area (Å²) in [6, 6.07) is 14.0. The summed E-state index contributed by atoms with van der Waals surface area (Å²) in [5.74, 6) is -0.430. The van der Waals surface area contributed by atoms with Crippen LogP contribution in [-0.4, -0.2) is 17.2 Å². The van der Waals surface area contributed by atoms with Gasteiger partial charge in [0.15, 0.2) is 0 Å². The van der Waals surface area contributed by atoms with E-state index in [2.05, 4.69) is 5.32 Å². The van der Waals surface area contributed by atoms with Gasteiger partial charge < -0.3 is 19.6 Å². The minimum Gasteiger partial charge on any atom is -0.478 e. The minimum absolute atomic E-state index is 0.163. The summed E-state index contributed by atoms with van der Waals surface area (Å²) in [7, 11) is 0. The number of carbonyl (C=O) groups excluding carboxylic acids is 1. The molecule has 0 unspecified atom stereocenters. The lowest BCUT2D eigenvalue weighted by molar-refractivity contribution is 0.0697. The number of carboxylic acid groups (broad SMARTS) is 1. The van der Waals surface area contributed by atoms with Crippen LogP contribution >= 0.6 is 0 Å². The normalized spacial score (nSPS) is 10.6. The summed E-state index contributed by atoms with van der Waals surface area (Å²) in [4.78, 5) is 22.9. The van der Waals surface area contributed by atoms with Crippen LogP contribution in [0.25, 0.3) is 11.0 Å². The topological polar surface area (TPSA) is 88.8 Å². The first-order valence-corrected chi connectivity index (χ1v) is 7.74. The summed E-state index contributed by atoms with van der Waals surface area (Å²) in [6.07, 6.45) is -0.546. The molecule has 0 fully saturated rings. The van der Waals surface area contributed by atoms with E-state index in [1.54, 1.807) is 12.1 Å². The molecule has 1 amide bonds. The van der Waals surface area contributed by atoms with Crippen molar-refractivity contribution in [1.29, 1.82) is 0 Å². The average Bonchev–Trinajstić information content (AvgIpc) is 2.94. The molecule has 0 aliphatic rings. The third-order valence-corrected chi connectivity index (χ3v) is 3.89. The Kier molecular flexibility index (Phi) is 4.70. The van der Waals surface area contributed by atoms with Crippen molar-refractivity contribution in [2.75, 3.05) is 0 Å². The van der Waals surface area contributed by atoms with Crippen LogP contribution in [0.2, 0.25) is 0 Å². The molecule has 0 radical (unpaired) electrons. The molecule has 0 atom stereocenters. The summed E-state index contributed by atoms with van der Waals surface area (Å²) in [5, 5.41) is 12.4. The van der Waals surface area contributed by atoms with Crippen molar-refractivity contribution in [3.05, 3.63) is 71.0 Å². The number of rotatable bonds is 5. The molecule has 128 valence electrons. The van der Waals surface area contributed by atoms with Gasteiger partial charge in [0.25, 0.3) is 0 Å². The van der Waals surface area contributed by atoms with Gasteiger partial charge in [-0.2, -0.15) is 0 Å². The van der Waals surface area contributed by atoms with Crippen LogP contribution < -0.4 is 5.32 Å². The number of benzene rings is 2. The van der Waals surface area contributed by atoms with Gasteiger partial charge in [0.1, 0.15) is 18.0 Å². The highest BCUT2D eigenvalue weighted by molar-refractivity contribution is 5.94. The maximum absolute atomic E-state index is 11.8. The first-order valence-electron chi connectivity index (χ1n) is 7.74. The van der Waals surface area contributed by atoms with Crippen molar-refractivity contribution < 1.29 is 23.8 Å². The van der Waals surface area contributed by atoms with Crippen LogP contribution in [0.5, 0.6) is 0 Å². The number of amides is 1. The Morgan fingerprint density at radius 1 is 1.16 bits per heavy atom. The number of ether oxygens (including phenoxy) is 1. The van der Waals surface area contributed by atoms with E-state index in [1.165, 1.54) is 6.07 Å². The predicted octanol–water partition coefficient (Wildman–Crippen LogP) is 3.87. The number of aromatic carboxylic acids is 1. The molecule has 2 N–H and O–H groups in total. The zero-order chi connectivity index (χ0) is 17.8. The molecule has 3 rings (SSSR count). The van der Waals surface area contributed by atoms with Crippen LogP contribution in [0.3, 0.4) is 0 Å². The van der Waals surface area contributed by atoms with Crippen molar-refractivity contribution in [3.63, 3.8) is 0 Å². The highest BCUT2D eigenvalue weighted by atomic mass is 16.5. The molecule has 3 aromatic rings. The fourth-order valence-corrected chi connectivity index (χ4v) is 2.50. The van der Waals surface area contributed by atoms with Crippen LogP contribution in [0.4, 0.5) is 4.79 Å². The molecule has 0 aliphatic carbocycles. The molecule has 0 saturated heterocycles. The molecule has 0 spiro atoms. The van der Waals surface area contributed by atoms with Gasteiger partial charge in [-0.1, -0.05) is 30.3 Å². The molecular weight excluding hydrogens is 322 g/mol. The number of nitrogens with one attached hydrogen (secondary N) is 1. The van der Waals surface area contributed by atoms with Gasteiger partial charge in [0, 0.05) is 10.9 Å². The Morgan fingerprint density at radius 3 is 2.64 bits per heavy atom. The Morgan fingerprint density at radius 2 is 1.92 bits per heavy atom. The number of carboxylic acids is 1. The summed E-state index contributed by atoms with van der Waals surface area (Å²) < 4.78 is 10.8. The third kappa shape index (κ3) is 3.80. The van der Waals surface area contributed by atoms with Crippen LogP contribution in [0, 0.1) is 6.92 Å². The van der Waals surface area contributed by atoms with Gasteiger partial charge >= 0.3 is 12.1 Å². The Bertz CT molecular complexity index is 914. The molecule has 6 heteroatoms. The van der Waals surface area contributed by atoms with Crippen LogP contribution in [0.1, 0.15) is 27.2 Å². The molecule has 0 aliphatic heterocycles. The molecule has 0 saturated carbocycles. The zero-order valence-corrected chi connectivity index (χ0v) is 13.6. The van der Waals surface area contributed by atoms with E-state index in [0.717, 1.165) is 11.1 Å². The Labute approximate surface area is 144 Å². The lowest BCUT2D eigenvalue weighted by atomic mass is 10.1. The molecule has 1 heterocycles. The van der Waals surface area contributed by atoms with Crippen LogP contribution in [0.15, 0.2) is 52.9 Å². The molecular formula is C19H17NO5. The molecule has 25 heavy (non-hydrogen) atoms. The Hall–Kier alpha value is -3.28. The van der Waals surface area contributed by atoms with E-state index >= 15 is 0 Å². The summed E-state index contributed by atoms with van der Waals surface area (Å²) in [6.45, 7) is 2.17. The standard InChI is InChI=1S/C19H17NO5/c1-12-15-9-14(18(21)22)7-8-16(15)25-17(12)10-20-19(23)24-11-13-5-3-2-4-6-13/h2-9H,10-11H2,1H3,(H,20,23)(H,21,22). The molecule has 0 bridgehead atoms. The van der Waals surface area contributed by atoms with Crippen molar-refractivity contribution >= 4 is 23.0 Å². The lowest BCUT2D eigenvalue weighted by Gasteiger charge is -2.06. The fraction of sp³-hybridized carbons (Fsp3) is 0.158. The molecule has 1 aromatic heterocycles. The largest absolute Gasteiger partial charge is 0.478 e. The van der Waals surface area contributed by atoms with Crippen LogP contribution in [-0.2, 0) is 17.9 Å². The maximum atomic E-state index is 11.8. The second-order valence-electron chi connectivity index (χ2n) is 5.58. The monoisotopic (exact) mass is 339 g/mol. The van der Waals surface area contributed by atoms with Gasteiger partial charge in [-0.3, -0.25) is 0 Å². The summed E-state index contributed by atoms with van der Waals surface area (Å²) >= 11 is 0. The number of fused-ring (bicyclic) bond motifs is 1. The van der Waals surface area contributed by atoms with E-state index in [9.17, 15) is 9.59 Å². The quantitative estimate of drug-likeness (QED) is 0.737. The predicted molar refractivity (Wildman–Crippen MR) is 91.4 cm³/mol. The van der Waals surface area contributed by atoms with Crippen molar-refractivity contribution in [2.45, 2.75) is 20.1 Å². The smallest absolute Gasteiger partial charge is 0.407 e. The number of aryl methyl sites for hydroxylation is 1. The number of hydrogen-bond acceptors (Lipinski definition) is 4. The summed E-state index contributed by atoms with van der Waals surface area (Å²) in [5.41, 5.74) is 2.47. The van der Waals surface area contributed by atoms with Gasteiger partial charge in [-0.05, 0) is 30.7 Å². The van der Waals surface area contributed by atoms with Crippen molar-refractivity contribution in [1.82, 2.24) is 5.32 Å². The van der Waals surface area contributed by atoms with Crippen molar-refractivity contribution in [3.8, 4) is 0 Å². The second kappa shape index (κ2) is 7.09. The van der Waals surface area contributed by atoms with Gasteiger partial charge in [-0.15, -0.1) is 0 Å². The van der Waals surface area contributed by atoms with E-state index in [0.29, 0.717) is 16.7 Å². The third-order valence-electron chi connectivity index (χ3n) is 3.89. The van der Waals surface area contributed by atoms with E-state index in [-0.39, 0.29) is 18.7 Å². The van der Waals surface area contributed by atoms with Gasteiger partial charge in [0.05, 0.1) is 12.1 Å². The van der Waals surface area contributed by atoms with Crippen molar-refractivity contribution in [2.24, 2.45) is 0 Å². The minimum atomic E-state index is -0.994. The number of carbonyl (C=O) groups is 2. The SMILES string of the molecule is Cc1c(CNC(=O)OCc2ccccc2)oc2ccc(C(=O)O)cc12. The maximum Gasteiger partial charge on any atom is 0.407 e. The second-order valence-corrected chi connectivity index (χ2v) is 5.58. The fourth-order valence-electron chi connectivity index (χ4n) is 2.50. The molecule has 2 aromatic carbocycles. The lowest BCUT2D eigenvalue weighted by Crippen LogP contribution is -2.23.